The molecule has 5 heteroatoms. The normalized spacial score (nSPS) is 17.9. The van der Waals surface area contributed by atoms with Gasteiger partial charge in [0.25, 0.3) is 5.56 Å². The quantitative estimate of drug-likeness (QED) is 0.584. The van der Waals surface area contributed by atoms with Crippen LogP contribution in [0.4, 0.5) is 5.69 Å². The van der Waals surface area contributed by atoms with E-state index in [2.05, 4.69) is 34.3 Å². The largest absolute Gasteiger partial charge is 0.372 e. The number of benzene rings is 2. The average Bonchev–Trinajstić information content (AvgIpc) is 3.34. The lowest BCUT2D eigenvalue weighted by molar-refractivity contribution is 0.416. The van der Waals surface area contributed by atoms with Gasteiger partial charge < -0.3 is 4.90 Å². The molecule has 2 heterocycles. The molecule has 5 nitrogen and oxygen atoms in total. The van der Waals surface area contributed by atoms with Gasteiger partial charge in [-0.2, -0.15) is 9.78 Å². The van der Waals surface area contributed by atoms with E-state index < -0.39 is 0 Å². The molecule has 3 aromatic rings. The maximum absolute atomic E-state index is 13.2. The first-order chi connectivity index (χ1) is 14.8. The van der Waals surface area contributed by atoms with Crippen LogP contribution in [0.5, 0.6) is 0 Å². The smallest absolute Gasteiger partial charge is 0.282 e. The molecule has 1 aliphatic carbocycles. The van der Waals surface area contributed by atoms with E-state index in [-0.39, 0.29) is 5.56 Å². The second kappa shape index (κ2) is 8.42. The minimum absolute atomic E-state index is 0.0777. The van der Waals surface area contributed by atoms with Crippen molar-refractivity contribution >= 4 is 22.8 Å². The summed E-state index contributed by atoms with van der Waals surface area (Å²) in [5.41, 5.74) is 2.94. The van der Waals surface area contributed by atoms with Crippen molar-refractivity contribution in [1.29, 1.82) is 0 Å². The van der Waals surface area contributed by atoms with Crippen molar-refractivity contribution in [3.8, 4) is 0 Å². The molecule has 0 radical (unpaired) electrons. The van der Waals surface area contributed by atoms with E-state index in [0.29, 0.717) is 11.3 Å². The summed E-state index contributed by atoms with van der Waals surface area (Å²) in [5.74, 6) is 1.11. The Bertz CT molecular complexity index is 1100. The second-order valence-electron chi connectivity index (χ2n) is 8.47. The Morgan fingerprint density at radius 3 is 2.40 bits per heavy atom. The second-order valence-corrected chi connectivity index (χ2v) is 8.47. The third kappa shape index (κ3) is 3.76. The number of hydrogen-bond acceptors (Lipinski definition) is 4. The molecular weight excluding hydrogens is 372 g/mol. The maximum atomic E-state index is 13.2. The number of nitrogens with zero attached hydrogens (tertiary/aromatic N) is 4. The molecule has 1 saturated carbocycles. The van der Waals surface area contributed by atoms with Crippen molar-refractivity contribution in [2.24, 2.45) is 5.10 Å². The minimum Gasteiger partial charge on any atom is -0.372 e. The average molecular weight is 401 g/mol. The topological polar surface area (TPSA) is 50.5 Å². The van der Waals surface area contributed by atoms with Crippen molar-refractivity contribution in [2.45, 2.75) is 50.9 Å². The third-order valence-electron chi connectivity index (χ3n) is 6.44. The summed E-state index contributed by atoms with van der Waals surface area (Å²) in [6, 6.07) is 16.0. The van der Waals surface area contributed by atoms with Crippen LogP contribution in [-0.2, 0) is 0 Å². The van der Waals surface area contributed by atoms with Crippen LogP contribution >= 0.6 is 0 Å². The van der Waals surface area contributed by atoms with E-state index in [1.807, 2.05) is 24.3 Å². The van der Waals surface area contributed by atoms with Gasteiger partial charge in [-0.05, 0) is 55.5 Å². The summed E-state index contributed by atoms with van der Waals surface area (Å²) >= 11 is 0. The zero-order chi connectivity index (χ0) is 20.3. The molecule has 2 aliphatic rings. The summed E-state index contributed by atoms with van der Waals surface area (Å²) in [5, 5.41) is 5.26. The van der Waals surface area contributed by atoms with Crippen LogP contribution in [0.3, 0.4) is 0 Å². The number of hydrogen-bond donors (Lipinski definition) is 0. The fraction of sp³-hybridized carbons (Fsp3) is 0.400. The first-order valence-electron chi connectivity index (χ1n) is 11.2. The number of anilines is 1. The molecule has 2 aromatic carbocycles. The SMILES string of the molecule is O=c1c2ccccc2nc(C2CCCCC2)n1N=Cc1ccc(N2CCCC2)cc1. The van der Waals surface area contributed by atoms with Gasteiger partial charge in [0.1, 0.15) is 5.82 Å². The van der Waals surface area contributed by atoms with Gasteiger partial charge in [0.2, 0.25) is 0 Å². The molecule has 0 atom stereocenters. The van der Waals surface area contributed by atoms with Crippen molar-refractivity contribution < 1.29 is 0 Å². The van der Waals surface area contributed by atoms with Crippen LogP contribution in [0.2, 0.25) is 0 Å². The van der Waals surface area contributed by atoms with Crippen LogP contribution in [0.25, 0.3) is 10.9 Å². The molecule has 30 heavy (non-hydrogen) atoms. The van der Waals surface area contributed by atoms with E-state index in [4.69, 9.17) is 4.98 Å². The molecule has 0 N–H and O–H groups in total. The van der Waals surface area contributed by atoms with Gasteiger partial charge in [-0.1, -0.05) is 43.5 Å². The van der Waals surface area contributed by atoms with Crippen molar-refractivity contribution in [1.82, 2.24) is 9.66 Å². The van der Waals surface area contributed by atoms with Gasteiger partial charge in [0.05, 0.1) is 17.1 Å². The Hall–Kier alpha value is -2.95. The molecule has 0 unspecified atom stereocenters. The van der Waals surface area contributed by atoms with Gasteiger partial charge in [0.15, 0.2) is 0 Å². The summed E-state index contributed by atoms with van der Waals surface area (Å²) < 4.78 is 1.55. The van der Waals surface area contributed by atoms with Crippen LogP contribution in [0.15, 0.2) is 58.4 Å². The minimum atomic E-state index is -0.0777. The van der Waals surface area contributed by atoms with E-state index in [0.717, 1.165) is 42.8 Å². The molecule has 0 amide bonds. The summed E-state index contributed by atoms with van der Waals surface area (Å²) in [6.45, 7) is 2.27. The lowest BCUT2D eigenvalue weighted by atomic mass is 9.88. The predicted molar refractivity (Wildman–Crippen MR) is 123 cm³/mol. The first-order valence-corrected chi connectivity index (χ1v) is 11.2. The molecule has 1 saturated heterocycles. The Morgan fingerprint density at radius 2 is 1.63 bits per heavy atom. The van der Waals surface area contributed by atoms with Crippen LogP contribution in [0.1, 0.15) is 62.3 Å². The molecule has 1 aliphatic heterocycles. The fourth-order valence-corrected chi connectivity index (χ4v) is 4.75. The highest BCUT2D eigenvalue weighted by atomic mass is 16.1. The number of aromatic nitrogens is 2. The Balaban J connectivity index is 1.50. The van der Waals surface area contributed by atoms with Crippen LogP contribution in [0, 0.1) is 0 Å². The first kappa shape index (κ1) is 19.0. The van der Waals surface area contributed by atoms with Crippen LogP contribution in [-0.4, -0.2) is 29.0 Å². The third-order valence-corrected chi connectivity index (χ3v) is 6.44. The molecule has 0 bridgehead atoms. The standard InChI is InChI=1S/C25H28N4O/c30-25-22-10-4-5-11-23(22)27-24(20-8-2-1-3-9-20)29(25)26-18-19-12-14-21(15-13-19)28-16-6-7-17-28/h4-5,10-15,18,20H,1-3,6-9,16-17H2. The Morgan fingerprint density at radius 1 is 0.900 bits per heavy atom. The summed E-state index contributed by atoms with van der Waals surface area (Å²) in [4.78, 5) is 20.5. The van der Waals surface area contributed by atoms with E-state index in [1.54, 1.807) is 10.9 Å². The number of rotatable bonds is 4. The maximum Gasteiger partial charge on any atom is 0.282 e. The van der Waals surface area contributed by atoms with Gasteiger partial charge in [-0.15, -0.1) is 0 Å². The highest BCUT2D eigenvalue weighted by Gasteiger charge is 2.22. The number of fused-ring (bicyclic) bond motifs is 1. The van der Waals surface area contributed by atoms with Gasteiger partial charge in [0, 0.05) is 24.7 Å². The molecular formula is C25H28N4O. The van der Waals surface area contributed by atoms with Crippen molar-refractivity contribution in [2.75, 3.05) is 18.0 Å². The molecule has 2 fully saturated rings. The zero-order valence-corrected chi connectivity index (χ0v) is 17.3. The van der Waals surface area contributed by atoms with Crippen molar-refractivity contribution in [3.05, 3.63) is 70.3 Å². The summed E-state index contributed by atoms with van der Waals surface area (Å²) in [6.07, 6.45) is 10.1. The lowest BCUT2D eigenvalue weighted by Gasteiger charge is -2.22. The zero-order valence-electron chi connectivity index (χ0n) is 17.3. The molecule has 1 aromatic heterocycles. The highest BCUT2D eigenvalue weighted by molar-refractivity contribution is 5.81. The molecule has 154 valence electrons. The van der Waals surface area contributed by atoms with E-state index in [9.17, 15) is 4.79 Å². The van der Waals surface area contributed by atoms with Gasteiger partial charge >= 0.3 is 0 Å². The highest BCUT2D eigenvalue weighted by Crippen LogP contribution is 2.31. The Kier molecular flexibility index (Phi) is 5.35. The lowest BCUT2D eigenvalue weighted by Crippen LogP contribution is -2.25. The number of para-hydroxylation sites is 1. The van der Waals surface area contributed by atoms with E-state index in [1.165, 1.54) is 37.8 Å². The molecule has 5 rings (SSSR count). The van der Waals surface area contributed by atoms with Crippen LogP contribution < -0.4 is 10.5 Å². The van der Waals surface area contributed by atoms with E-state index >= 15 is 0 Å². The predicted octanol–water partition coefficient (Wildman–Crippen LogP) is 4.93. The fourth-order valence-electron chi connectivity index (χ4n) is 4.75. The van der Waals surface area contributed by atoms with Gasteiger partial charge in [-0.3, -0.25) is 4.79 Å². The summed E-state index contributed by atoms with van der Waals surface area (Å²) in [7, 11) is 0. The Labute approximate surface area is 177 Å². The molecule has 0 spiro atoms. The monoisotopic (exact) mass is 400 g/mol. The van der Waals surface area contributed by atoms with Crippen molar-refractivity contribution in [3.63, 3.8) is 0 Å². The van der Waals surface area contributed by atoms with Gasteiger partial charge in [-0.25, -0.2) is 4.98 Å².